The molecule has 0 aliphatic heterocycles. The second-order valence-corrected chi connectivity index (χ2v) is 6.79. The number of nitrogen functional groups attached to an aromatic ring is 1. The van der Waals surface area contributed by atoms with Gasteiger partial charge >= 0.3 is 0 Å². The third-order valence-corrected chi connectivity index (χ3v) is 4.94. The average Bonchev–Trinajstić information content (AvgIpc) is 3.21. The Balaban J connectivity index is 1.73. The van der Waals surface area contributed by atoms with E-state index in [-0.39, 0.29) is 11.6 Å². The van der Waals surface area contributed by atoms with Gasteiger partial charge in [0.25, 0.3) is 5.56 Å². The van der Waals surface area contributed by atoms with Gasteiger partial charge in [0.15, 0.2) is 0 Å². The number of hydrogen-bond acceptors (Lipinski definition) is 4. The zero-order valence-electron chi connectivity index (χ0n) is 15.8. The van der Waals surface area contributed by atoms with Crippen molar-refractivity contribution in [2.75, 3.05) is 5.73 Å². The lowest BCUT2D eigenvalue weighted by Crippen LogP contribution is -2.17. The first-order valence-corrected chi connectivity index (χ1v) is 9.05. The van der Waals surface area contributed by atoms with Crippen molar-refractivity contribution < 1.29 is 0 Å². The van der Waals surface area contributed by atoms with E-state index in [0.29, 0.717) is 11.4 Å². The second-order valence-electron chi connectivity index (χ2n) is 6.79. The number of pyridine rings is 2. The molecular weight excluding hydrogens is 350 g/mol. The van der Waals surface area contributed by atoms with E-state index in [1.807, 2.05) is 41.2 Å². The van der Waals surface area contributed by atoms with Crippen molar-refractivity contribution in [3.8, 4) is 22.3 Å². The van der Waals surface area contributed by atoms with Gasteiger partial charge in [0.1, 0.15) is 5.82 Å². The highest BCUT2D eigenvalue weighted by molar-refractivity contribution is 5.78. The number of aromatic nitrogens is 4. The van der Waals surface area contributed by atoms with Gasteiger partial charge in [-0.15, -0.1) is 0 Å². The third kappa shape index (κ3) is 3.20. The van der Waals surface area contributed by atoms with E-state index in [2.05, 4.69) is 29.1 Å². The Hall–Kier alpha value is -3.67. The van der Waals surface area contributed by atoms with E-state index >= 15 is 0 Å². The molecule has 2 N–H and O–H groups in total. The number of nitrogens with zero attached hydrogens (tertiary/aromatic N) is 4. The molecule has 4 aromatic rings. The molecule has 1 atom stereocenters. The molecule has 0 amide bonds. The molecule has 4 rings (SSSR count). The number of anilines is 1. The predicted octanol–water partition coefficient (Wildman–Crippen LogP) is 3.50. The fourth-order valence-electron chi connectivity index (χ4n) is 3.24. The number of hydrogen-bond donors (Lipinski definition) is 1. The molecule has 0 aliphatic rings. The molecule has 0 radical (unpaired) electrons. The van der Waals surface area contributed by atoms with Gasteiger partial charge in [0, 0.05) is 47.9 Å². The number of benzene rings is 1. The standard InChI is InChI=1S/C22H21N5O/c1-15(16-7-4-3-5-8-16)27-14-18(13-25-27)20-11-17(12-24-21(20)23)19-9-6-10-26(2)22(19)28/h3-15H,1-2H3,(H2,23,24). The van der Waals surface area contributed by atoms with Crippen LogP contribution in [0.3, 0.4) is 0 Å². The molecule has 6 nitrogen and oxygen atoms in total. The monoisotopic (exact) mass is 371 g/mol. The molecule has 0 bridgehead atoms. The fraction of sp³-hybridized carbons (Fsp3) is 0.136. The van der Waals surface area contributed by atoms with Crippen molar-refractivity contribution in [2.24, 2.45) is 7.05 Å². The minimum absolute atomic E-state index is 0.0755. The van der Waals surface area contributed by atoms with E-state index in [0.717, 1.165) is 16.7 Å². The minimum atomic E-state index is -0.0755. The SMILES string of the molecule is CC(c1ccccc1)n1cc(-c2cc(-c3cccn(C)c3=O)cnc2N)cn1. The van der Waals surface area contributed by atoms with Crippen LogP contribution < -0.4 is 11.3 Å². The summed E-state index contributed by atoms with van der Waals surface area (Å²) in [6.07, 6.45) is 7.09. The number of aryl methyl sites for hydroxylation is 1. The molecule has 0 aliphatic carbocycles. The highest BCUT2D eigenvalue weighted by Gasteiger charge is 2.14. The van der Waals surface area contributed by atoms with E-state index in [4.69, 9.17) is 5.73 Å². The normalized spacial score (nSPS) is 12.1. The van der Waals surface area contributed by atoms with Crippen molar-refractivity contribution in [2.45, 2.75) is 13.0 Å². The van der Waals surface area contributed by atoms with E-state index in [1.54, 1.807) is 36.3 Å². The van der Waals surface area contributed by atoms with Gasteiger partial charge in [-0.05, 0) is 30.7 Å². The van der Waals surface area contributed by atoms with Crippen molar-refractivity contribution in [3.05, 3.63) is 89.2 Å². The molecule has 0 spiro atoms. The van der Waals surface area contributed by atoms with E-state index in [9.17, 15) is 4.79 Å². The van der Waals surface area contributed by atoms with Crippen LogP contribution in [-0.2, 0) is 7.05 Å². The Labute approximate surface area is 162 Å². The summed E-state index contributed by atoms with van der Waals surface area (Å²) in [5.74, 6) is 0.406. The van der Waals surface area contributed by atoms with Gasteiger partial charge in [-0.25, -0.2) is 4.98 Å². The van der Waals surface area contributed by atoms with Crippen LogP contribution >= 0.6 is 0 Å². The largest absolute Gasteiger partial charge is 0.383 e. The number of nitrogens with two attached hydrogens (primary N) is 1. The van der Waals surface area contributed by atoms with Crippen molar-refractivity contribution in [3.63, 3.8) is 0 Å². The highest BCUT2D eigenvalue weighted by atomic mass is 16.1. The Morgan fingerprint density at radius 2 is 1.79 bits per heavy atom. The zero-order chi connectivity index (χ0) is 19.7. The first kappa shape index (κ1) is 17.7. The molecule has 3 aromatic heterocycles. The van der Waals surface area contributed by atoms with Gasteiger partial charge in [-0.1, -0.05) is 30.3 Å². The summed E-state index contributed by atoms with van der Waals surface area (Å²) < 4.78 is 3.45. The summed E-state index contributed by atoms with van der Waals surface area (Å²) in [5.41, 5.74) is 10.2. The van der Waals surface area contributed by atoms with Gasteiger partial charge < -0.3 is 10.3 Å². The molecule has 1 aromatic carbocycles. The summed E-state index contributed by atoms with van der Waals surface area (Å²) >= 11 is 0. The van der Waals surface area contributed by atoms with E-state index in [1.165, 1.54) is 5.56 Å². The van der Waals surface area contributed by atoms with Gasteiger partial charge in [-0.2, -0.15) is 5.10 Å². The molecule has 0 saturated carbocycles. The van der Waals surface area contributed by atoms with Crippen LogP contribution in [0.25, 0.3) is 22.3 Å². The molecule has 1 unspecified atom stereocenters. The van der Waals surface area contributed by atoms with Crippen molar-refractivity contribution in [1.29, 1.82) is 0 Å². The minimum Gasteiger partial charge on any atom is -0.383 e. The lowest BCUT2D eigenvalue weighted by molar-refractivity contribution is 0.565. The zero-order valence-corrected chi connectivity index (χ0v) is 15.8. The fourth-order valence-corrected chi connectivity index (χ4v) is 3.24. The molecule has 3 heterocycles. The molecule has 0 saturated heterocycles. The van der Waals surface area contributed by atoms with Crippen molar-refractivity contribution in [1.82, 2.24) is 19.3 Å². The van der Waals surface area contributed by atoms with Crippen LogP contribution in [0.1, 0.15) is 18.5 Å². The lowest BCUT2D eigenvalue weighted by atomic mass is 10.0. The maximum Gasteiger partial charge on any atom is 0.258 e. The quantitative estimate of drug-likeness (QED) is 0.595. The van der Waals surface area contributed by atoms with Gasteiger partial charge in [0.2, 0.25) is 0 Å². The summed E-state index contributed by atoms with van der Waals surface area (Å²) in [6.45, 7) is 2.10. The summed E-state index contributed by atoms with van der Waals surface area (Å²) in [4.78, 5) is 16.7. The molecule has 140 valence electrons. The summed E-state index contributed by atoms with van der Waals surface area (Å²) in [5, 5.41) is 4.51. The summed E-state index contributed by atoms with van der Waals surface area (Å²) in [7, 11) is 1.73. The average molecular weight is 371 g/mol. The summed E-state index contributed by atoms with van der Waals surface area (Å²) in [6, 6.07) is 15.8. The van der Waals surface area contributed by atoms with Crippen LogP contribution in [0.2, 0.25) is 0 Å². The number of rotatable bonds is 4. The third-order valence-electron chi connectivity index (χ3n) is 4.94. The molecular formula is C22H21N5O. The maximum absolute atomic E-state index is 12.4. The molecule has 0 fully saturated rings. The first-order valence-electron chi connectivity index (χ1n) is 9.05. The molecule has 6 heteroatoms. The van der Waals surface area contributed by atoms with Gasteiger partial charge in [0.05, 0.1) is 12.2 Å². The maximum atomic E-state index is 12.4. The lowest BCUT2D eigenvalue weighted by Gasteiger charge is -2.12. The van der Waals surface area contributed by atoms with Crippen LogP contribution in [-0.4, -0.2) is 19.3 Å². The first-order chi connectivity index (χ1) is 13.5. The Bertz CT molecular complexity index is 1180. The molecule has 28 heavy (non-hydrogen) atoms. The Morgan fingerprint density at radius 3 is 2.57 bits per heavy atom. The predicted molar refractivity (Wildman–Crippen MR) is 111 cm³/mol. The Kier molecular flexibility index (Phi) is 4.53. The topological polar surface area (TPSA) is 78.7 Å². The van der Waals surface area contributed by atoms with Gasteiger partial charge in [-0.3, -0.25) is 9.48 Å². The van der Waals surface area contributed by atoms with Crippen LogP contribution in [0.4, 0.5) is 5.82 Å². The van der Waals surface area contributed by atoms with Crippen LogP contribution in [0, 0.1) is 0 Å². The second kappa shape index (κ2) is 7.15. The van der Waals surface area contributed by atoms with Crippen LogP contribution in [0.15, 0.2) is 78.1 Å². The highest BCUT2D eigenvalue weighted by Crippen LogP contribution is 2.29. The smallest absolute Gasteiger partial charge is 0.258 e. The van der Waals surface area contributed by atoms with Crippen molar-refractivity contribution >= 4 is 5.82 Å². The Morgan fingerprint density at radius 1 is 1.00 bits per heavy atom. The van der Waals surface area contributed by atoms with E-state index < -0.39 is 0 Å². The van der Waals surface area contributed by atoms with Crippen LogP contribution in [0.5, 0.6) is 0 Å².